The average molecular weight is 348 g/mol. The quantitative estimate of drug-likeness (QED) is 0.813. The van der Waals surface area contributed by atoms with Gasteiger partial charge in [0.25, 0.3) is 0 Å². The fraction of sp³-hybridized carbons (Fsp3) is 0.435. The fourth-order valence-corrected chi connectivity index (χ4v) is 4.47. The van der Waals surface area contributed by atoms with Gasteiger partial charge in [-0.15, -0.1) is 0 Å². The number of amides is 1. The number of unbranched alkanes of at least 4 members (excludes halogenated alkanes) is 1. The monoisotopic (exact) mass is 348 g/mol. The summed E-state index contributed by atoms with van der Waals surface area (Å²) in [6.07, 6.45) is 4.11. The van der Waals surface area contributed by atoms with E-state index in [9.17, 15) is 4.79 Å². The molecule has 2 aromatic rings. The molecular formula is C23H28N2O. The van der Waals surface area contributed by atoms with Gasteiger partial charge >= 0.3 is 0 Å². The van der Waals surface area contributed by atoms with Gasteiger partial charge in [0.15, 0.2) is 0 Å². The van der Waals surface area contributed by atoms with Crippen molar-refractivity contribution in [2.75, 3.05) is 19.6 Å². The van der Waals surface area contributed by atoms with Crippen LogP contribution in [-0.4, -0.2) is 30.4 Å². The van der Waals surface area contributed by atoms with Crippen LogP contribution >= 0.6 is 0 Å². The minimum absolute atomic E-state index is 0.176. The first-order valence-electron chi connectivity index (χ1n) is 9.99. The molecule has 1 aliphatic heterocycles. The smallest absolute Gasteiger partial charge is 0.223 e. The Hall–Kier alpha value is -2.13. The van der Waals surface area contributed by atoms with Gasteiger partial charge in [-0.25, -0.2) is 0 Å². The summed E-state index contributed by atoms with van der Waals surface area (Å²) in [7, 11) is 0. The molecule has 1 N–H and O–H groups in total. The molecule has 0 radical (unpaired) electrons. The van der Waals surface area contributed by atoms with Gasteiger partial charge in [0, 0.05) is 12.5 Å². The van der Waals surface area contributed by atoms with E-state index in [0.717, 1.165) is 45.3 Å². The fourth-order valence-electron chi connectivity index (χ4n) is 4.47. The van der Waals surface area contributed by atoms with Gasteiger partial charge in [-0.3, -0.25) is 9.69 Å². The first-order chi connectivity index (χ1) is 12.8. The Morgan fingerprint density at radius 1 is 1.00 bits per heavy atom. The van der Waals surface area contributed by atoms with E-state index >= 15 is 0 Å². The molecule has 0 spiro atoms. The van der Waals surface area contributed by atoms with Crippen molar-refractivity contribution in [3.8, 4) is 11.1 Å². The molecule has 1 saturated heterocycles. The van der Waals surface area contributed by atoms with Gasteiger partial charge in [0.05, 0.1) is 6.04 Å². The lowest BCUT2D eigenvalue weighted by atomic mass is 9.93. The Morgan fingerprint density at radius 3 is 2.15 bits per heavy atom. The van der Waals surface area contributed by atoms with Crippen LogP contribution in [0.15, 0.2) is 48.5 Å². The Morgan fingerprint density at radius 2 is 1.58 bits per heavy atom. The number of carbonyl (C=O) groups excluding carboxylic acids is 1. The largest absolute Gasteiger partial charge is 0.356 e. The molecule has 0 saturated carbocycles. The third-order valence-corrected chi connectivity index (χ3v) is 5.90. The second-order valence-corrected chi connectivity index (χ2v) is 7.53. The summed E-state index contributed by atoms with van der Waals surface area (Å²) in [6.45, 7) is 4.94. The molecule has 1 amide bonds. The lowest BCUT2D eigenvalue weighted by Crippen LogP contribution is -2.42. The van der Waals surface area contributed by atoms with Crippen molar-refractivity contribution < 1.29 is 4.79 Å². The summed E-state index contributed by atoms with van der Waals surface area (Å²) >= 11 is 0. The minimum atomic E-state index is 0.176. The SMILES string of the molecule is CCCCNC(=O)C1CCN(C2c3ccccc3-c3ccccc32)CC1. The molecule has 4 rings (SSSR count). The highest BCUT2D eigenvalue weighted by atomic mass is 16.1. The summed E-state index contributed by atoms with van der Waals surface area (Å²) in [5.41, 5.74) is 5.57. The number of piperidine rings is 1. The Labute approximate surface area is 156 Å². The van der Waals surface area contributed by atoms with Gasteiger partial charge in [0.2, 0.25) is 5.91 Å². The third kappa shape index (κ3) is 3.16. The zero-order valence-electron chi connectivity index (χ0n) is 15.6. The van der Waals surface area contributed by atoms with Gasteiger partial charge in [-0.05, 0) is 54.6 Å². The molecule has 3 nitrogen and oxygen atoms in total. The van der Waals surface area contributed by atoms with E-state index in [1.807, 2.05) is 0 Å². The number of nitrogens with one attached hydrogen (secondary N) is 1. The molecule has 3 heteroatoms. The van der Waals surface area contributed by atoms with Crippen molar-refractivity contribution in [2.45, 2.75) is 38.6 Å². The number of nitrogens with zero attached hydrogens (tertiary/aromatic N) is 1. The van der Waals surface area contributed by atoms with E-state index in [1.54, 1.807) is 0 Å². The molecule has 1 aliphatic carbocycles. The van der Waals surface area contributed by atoms with Crippen molar-refractivity contribution in [1.82, 2.24) is 10.2 Å². The van der Waals surface area contributed by atoms with Gasteiger partial charge < -0.3 is 5.32 Å². The van der Waals surface area contributed by atoms with Gasteiger partial charge in [0.1, 0.15) is 0 Å². The van der Waals surface area contributed by atoms with E-state index in [2.05, 4.69) is 65.7 Å². The molecule has 1 heterocycles. The highest BCUT2D eigenvalue weighted by Crippen LogP contribution is 2.46. The number of fused-ring (bicyclic) bond motifs is 3. The van der Waals surface area contributed by atoms with Crippen molar-refractivity contribution in [3.05, 3.63) is 59.7 Å². The first-order valence-corrected chi connectivity index (χ1v) is 9.99. The molecule has 2 aromatic carbocycles. The summed E-state index contributed by atoms with van der Waals surface area (Å²) < 4.78 is 0. The highest BCUT2D eigenvalue weighted by Gasteiger charge is 2.35. The van der Waals surface area contributed by atoms with Crippen LogP contribution in [0.4, 0.5) is 0 Å². The zero-order chi connectivity index (χ0) is 17.9. The lowest BCUT2D eigenvalue weighted by Gasteiger charge is -2.36. The van der Waals surface area contributed by atoms with Crippen LogP contribution in [0.3, 0.4) is 0 Å². The topological polar surface area (TPSA) is 32.3 Å². The predicted octanol–water partition coefficient (Wildman–Crippen LogP) is 4.38. The van der Waals surface area contributed by atoms with Crippen LogP contribution in [0.5, 0.6) is 0 Å². The second-order valence-electron chi connectivity index (χ2n) is 7.53. The van der Waals surface area contributed by atoms with E-state index in [0.29, 0.717) is 6.04 Å². The summed E-state index contributed by atoms with van der Waals surface area (Å²) in [4.78, 5) is 14.9. The molecule has 1 fully saturated rings. The predicted molar refractivity (Wildman–Crippen MR) is 106 cm³/mol. The van der Waals surface area contributed by atoms with Crippen LogP contribution in [-0.2, 0) is 4.79 Å². The Balaban J connectivity index is 1.47. The maximum atomic E-state index is 12.4. The second kappa shape index (κ2) is 7.63. The molecule has 0 unspecified atom stereocenters. The summed E-state index contributed by atoms with van der Waals surface area (Å²) in [5.74, 6) is 0.431. The van der Waals surface area contributed by atoms with E-state index in [4.69, 9.17) is 0 Å². The Bertz CT molecular complexity index is 732. The lowest BCUT2D eigenvalue weighted by molar-refractivity contribution is -0.126. The van der Waals surface area contributed by atoms with Crippen LogP contribution in [0.1, 0.15) is 49.8 Å². The van der Waals surface area contributed by atoms with Crippen molar-refractivity contribution >= 4 is 5.91 Å². The molecule has 0 bridgehead atoms. The molecule has 26 heavy (non-hydrogen) atoms. The third-order valence-electron chi connectivity index (χ3n) is 5.90. The van der Waals surface area contributed by atoms with E-state index in [1.165, 1.54) is 22.3 Å². The van der Waals surface area contributed by atoms with Crippen LogP contribution in [0, 0.1) is 5.92 Å². The molecule has 0 atom stereocenters. The van der Waals surface area contributed by atoms with Crippen molar-refractivity contribution in [2.24, 2.45) is 5.92 Å². The number of likely N-dealkylation sites (tertiary alicyclic amines) is 1. The van der Waals surface area contributed by atoms with Crippen molar-refractivity contribution in [3.63, 3.8) is 0 Å². The number of benzene rings is 2. The number of rotatable bonds is 5. The number of hydrogen-bond acceptors (Lipinski definition) is 2. The average Bonchev–Trinajstić information content (AvgIpc) is 3.03. The highest BCUT2D eigenvalue weighted by molar-refractivity contribution is 5.79. The summed E-state index contributed by atoms with van der Waals surface area (Å²) in [5, 5.41) is 3.11. The molecule has 136 valence electrons. The Kier molecular flexibility index (Phi) is 5.07. The van der Waals surface area contributed by atoms with Crippen LogP contribution < -0.4 is 5.32 Å². The maximum absolute atomic E-state index is 12.4. The van der Waals surface area contributed by atoms with Gasteiger partial charge in [-0.2, -0.15) is 0 Å². The standard InChI is InChI=1S/C23H28N2O/c1-2-3-14-24-23(26)17-12-15-25(16-13-17)22-20-10-6-4-8-18(20)19-9-5-7-11-21(19)22/h4-11,17,22H,2-3,12-16H2,1H3,(H,24,26). The first kappa shape index (κ1) is 17.3. The normalized spacial score (nSPS) is 17.7. The van der Waals surface area contributed by atoms with E-state index < -0.39 is 0 Å². The van der Waals surface area contributed by atoms with Crippen LogP contribution in [0.25, 0.3) is 11.1 Å². The zero-order valence-corrected chi connectivity index (χ0v) is 15.6. The molecular weight excluding hydrogens is 320 g/mol. The van der Waals surface area contributed by atoms with Crippen LogP contribution in [0.2, 0.25) is 0 Å². The van der Waals surface area contributed by atoms with Crippen molar-refractivity contribution in [1.29, 1.82) is 0 Å². The minimum Gasteiger partial charge on any atom is -0.356 e. The molecule has 0 aromatic heterocycles. The number of carbonyl (C=O) groups is 1. The molecule has 2 aliphatic rings. The maximum Gasteiger partial charge on any atom is 0.223 e. The summed E-state index contributed by atoms with van der Waals surface area (Å²) in [6, 6.07) is 17.9. The van der Waals surface area contributed by atoms with Gasteiger partial charge in [-0.1, -0.05) is 61.9 Å². The number of hydrogen-bond donors (Lipinski definition) is 1. The van der Waals surface area contributed by atoms with E-state index in [-0.39, 0.29) is 11.8 Å².